The molecule has 8 nitrogen and oxygen atoms in total. The Morgan fingerprint density at radius 1 is 1.00 bits per heavy atom. The fourth-order valence-electron chi connectivity index (χ4n) is 4.89. The van der Waals surface area contributed by atoms with Crippen molar-refractivity contribution in [3.63, 3.8) is 0 Å². The second kappa shape index (κ2) is 12.6. The summed E-state index contributed by atoms with van der Waals surface area (Å²) in [6, 6.07) is 24.2. The molecule has 0 amide bonds. The van der Waals surface area contributed by atoms with Crippen molar-refractivity contribution in [3.05, 3.63) is 115 Å². The Labute approximate surface area is 266 Å². The second-order valence-corrected chi connectivity index (χ2v) is 11.1. The predicted molar refractivity (Wildman–Crippen MR) is 177 cm³/mol. The van der Waals surface area contributed by atoms with Crippen LogP contribution in [0.1, 0.15) is 23.6 Å². The third kappa shape index (κ3) is 5.68. The first-order valence-electron chi connectivity index (χ1n) is 13.8. The van der Waals surface area contributed by atoms with E-state index in [-0.39, 0.29) is 11.4 Å². The minimum atomic E-state index is -0.361. The summed E-state index contributed by atoms with van der Waals surface area (Å²) < 4.78 is 25.4. The van der Waals surface area contributed by atoms with Crippen LogP contribution in [0.3, 0.4) is 0 Å². The summed E-state index contributed by atoms with van der Waals surface area (Å²) in [5.74, 6) is 2.08. The van der Waals surface area contributed by atoms with E-state index >= 15 is 0 Å². The lowest BCUT2D eigenvalue weighted by Crippen LogP contribution is -2.20. The smallest absolute Gasteiger partial charge is 0.282 e. The van der Waals surface area contributed by atoms with Crippen LogP contribution in [0, 0.1) is 6.92 Å². The normalized spacial score (nSPS) is 11.5. The van der Waals surface area contributed by atoms with Gasteiger partial charge in [0.05, 0.1) is 36.2 Å². The molecule has 0 saturated carbocycles. The van der Waals surface area contributed by atoms with E-state index in [4.69, 9.17) is 35.2 Å². The lowest BCUT2D eigenvalue weighted by molar-refractivity contribution is 0.269. The van der Waals surface area contributed by atoms with E-state index in [2.05, 4.69) is 27.1 Å². The monoisotopic (exact) mass is 671 g/mol. The fourth-order valence-corrected chi connectivity index (χ4v) is 5.54. The molecule has 0 radical (unpaired) electrons. The zero-order valence-corrected chi connectivity index (χ0v) is 26.5. The molecule has 0 atom stereocenters. The average molecular weight is 673 g/mol. The fraction of sp³-hybridized carbons (Fsp3) is 0.147. The molecule has 44 heavy (non-hydrogen) atoms. The van der Waals surface area contributed by atoms with Gasteiger partial charge in [0, 0.05) is 10.0 Å². The molecule has 6 aromatic rings. The Morgan fingerprint density at radius 2 is 1.82 bits per heavy atom. The largest absolute Gasteiger partial charge is 0.496 e. The zero-order valence-electron chi connectivity index (χ0n) is 24.1. The Bertz CT molecular complexity index is 2100. The van der Waals surface area contributed by atoms with Gasteiger partial charge in [-0.1, -0.05) is 59.6 Å². The van der Waals surface area contributed by atoms with Crippen LogP contribution in [0.25, 0.3) is 33.5 Å². The summed E-state index contributed by atoms with van der Waals surface area (Å²) >= 11 is 10.4. The molecular weight excluding hydrogens is 646 g/mol. The lowest BCUT2D eigenvalue weighted by Gasteiger charge is -2.16. The van der Waals surface area contributed by atoms with Crippen molar-refractivity contribution in [1.82, 2.24) is 9.66 Å². The molecule has 0 unspecified atom stereocenters. The first-order valence-corrected chi connectivity index (χ1v) is 15.0. The van der Waals surface area contributed by atoms with Crippen LogP contribution in [0.2, 0.25) is 5.02 Å². The van der Waals surface area contributed by atoms with Crippen LogP contribution in [0.4, 0.5) is 0 Å². The number of hydrogen-bond acceptors (Lipinski definition) is 7. The zero-order chi connectivity index (χ0) is 30.8. The quantitative estimate of drug-likeness (QED) is 0.143. The minimum absolute atomic E-state index is 0.230. The molecule has 0 saturated heterocycles. The number of ether oxygens (including phenoxy) is 3. The van der Waals surface area contributed by atoms with Crippen LogP contribution in [0.5, 0.6) is 17.2 Å². The van der Waals surface area contributed by atoms with Crippen LogP contribution < -0.4 is 19.8 Å². The molecule has 0 N–H and O–H groups in total. The van der Waals surface area contributed by atoms with E-state index in [1.807, 2.05) is 56.3 Å². The van der Waals surface area contributed by atoms with E-state index in [0.29, 0.717) is 67.8 Å². The van der Waals surface area contributed by atoms with E-state index in [1.165, 1.54) is 10.9 Å². The number of benzene rings is 4. The summed E-state index contributed by atoms with van der Waals surface area (Å²) in [5.41, 5.74) is 3.45. The standard InChI is InChI=1S/C34H27BrClN3O5/c1-4-42-28-16-22(30(35)31(36)32(28)43-19-21-10-7-9-20(2)15-21)18-37-39-33(38-25-12-6-5-11-23(25)34(39)40)29-17-24-26(41-3)13-8-14-27(24)44-29/h5-18H,4,19H2,1-3H3. The first-order chi connectivity index (χ1) is 21.4. The number of nitrogens with zero attached hydrogens (tertiary/aromatic N) is 3. The Kier molecular flexibility index (Phi) is 8.41. The molecular formula is C34H27BrClN3O5. The van der Waals surface area contributed by atoms with Crippen molar-refractivity contribution in [3.8, 4) is 28.8 Å². The van der Waals surface area contributed by atoms with Crippen molar-refractivity contribution < 1.29 is 18.6 Å². The highest BCUT2D eigenvalue weighted by Gasteiger charge is 2.20. The predicted octanol–water partition coefficient (Wildman–Crippen LogP) is 8.40. The summed E-state index contributed by atoms with van der Waals surface area (Å²) in [7, 11) is 1.59. The number of fused-ring (bicyclic) bond motifs is 2. The number of methoxy groups -OCH3 is 1. The molecule has 6 rings (SSSR count). The minimum Gasteiger partial charge on any atom is -0.496 e. The van der Waals surface area contributed by atoms with E-state index in [0.717, 1.165) is 16.5 Å². The van der Waals surface area contributed by atoms with Gasteiger partial charge in [0.15, 0.2) is 17.3 Å². The molecule has 0 spiro atoms. The van der Waals surface area contributed by atoms with Gasteiger partial charge in [-0.05, 0) is 71.7 Å². The molecule has 222 valence electrons. The molecule has 0 bridgehead atoms. The topological polar surface area (TPSA) is 88.1 Å². The molecule has 2 aromatic heterocycles. The van der Waals surface area contributed by atoms with E-state index in [9.17, 15) is 4.79 Å². The first kappa shape index (κ1) is 29.5. The SMILES string of the molecule is CCOc1cc(C=Nn2c(-c3cc4c(OC)cccc4o3)nc3ccccc3c2=O)c(Br)c(Cl)c1OCc1cccc(C)c1. The van der Waals surface area contributed by atoms with Crippen LogP contribution >= 0.6 is 27.5 Å². The van der Waals surface area contributed by atoms with Gasteiger partial charge < -0.3 is 18.6 Å². The highest BCUT2D eigenvalue weighted by molar-refractivity contribution is 9.10. The Morgan fingerprint density at radius 3 is 2.61 bits per heavy atom. The molecule has 0 aliphatic heterocycles. The van der Waals surface area contributed by atoms with Gasteiger partial charge in [-0.15, -0.1) is 0 Å². The number of halogens is 2. The number of para-hydroxylation sites is 1. The molecule has 10 heteroatoms. The molecule has 2 heterocycles. The van der Waals surface area contributed by atoms with Gasteiger partial charge in [0.1, 0.15) is 23.0 Å². The van der Waals surface area contributed by atoms with Crippen LogP contribution in [0.15, 0.2) is 97.6 Å². The van der Waals surface area contributed by atoms with Crippen LogP contribution in [-0.2, 0) is 6.61 Å². The van der Waals surface area contributed by atoms with Gasteiger partial charge >= 0.3 is 0 Å². The summed E-state index contributed by atoms with van der Waals surface area (Å²) in [6.45, 7) is 4.61. The number of aromatic nitrogens is 2. The highest BCUT2D eigenvalue weighted by Crippen LogP contribution is 2.43. The van der Waals surface area contributed by atoms with Crippen molar-refractivity contribution >= 4 is 55.6 Å². The Balaban J connectivity index is 1.44. The number of rotatable bonds is 9. The number of furan rings is 1. The highest BCUT2D eigenvalue weighted by atomic mass is 79.9. The van der Waals surface area contributed by atoms with Gasteiger partial charge in [-0.25, -0.2) is 4.98 Å². The summed E-state index contributed by atoms with van der Waals surface area (Å²) in [6.07, 6.45) is 1.52. The molecule has 0 aliphatic carbocycles. The molecule has 4 aromatic carbocycles. The van der Waals surface area contributed by atoms with Gasteiger partial charge in [-0.3, -0.25) is 4.79 Å². The molecule has 0 aliphatic rings. The lowest BCUT2D eigenvalue weighted by atomic mass is 10.1. The van der Waals surface area contributed by atoms with Crippen LogP contribution in [-0.4, -0.2) is 29.6 Å². The Hall–Kier alpha value is -4.60. The van der Waals surface area contributed by atoms with Crippen molar-refractivity contribution in [2.75, 3.05) is 13.7 Å². The maximum Gasteiger partial charge on any atom is 0.282 e. The van der Waals surface area contributed by atoms with E-state index < -0.39 is 0 Å². The van der Waals surface area contributed by atoms with Crippen molar-refractivity contribution in [2.24, 2.45) is 5.10 Å². The number of hydrogen-bond donors (Lipinski definition) is 0. The van der Waals surface area contributed by atoms with Crippen molar-refractivity contribution in [2.45, 2.75) is 20.5 Å². The second-order valence-electron chi connectivity index (χ2n) is 9.93. The number of aryl methyl sites for hydroxylation is 1. The van der Waals surface area contributed by atoms with Crippen molar-refractivity contribution in [1.29, 1.82) is 0 Å². The maximum absolute atomic E-state index is 13.8. The van der Waals surface area contributed by atoms with Gasteiger partial charge in [0.2, 0.25) is 5.82 Å². The van der Waals surface area contributed by atoms with Gasteiger partial charge in [-0.2, -0.15) is 9.78 Å². The van der Waals surface area contributed by atoms with Gasteiger partial charge in [0.25, 0.3) is 5.56 Å². The summed E-state index contributed by atoms with van der Waals surface area (Å²) in [4.78, 5) is 18.5. The third-order valence-corrected chi connectivity index (χ3v) is 8.39. The average Bonchev–Trinajstić information content (AvgIpc) is 3.47. The van der Waals surface area contributed by atoms with E-state index in [1.54, 1.807) is 37.4 Å². The molecule has 0 fully saturated rings. The third-order valence-electron chi connectivity index (χ3n) is 6.95. The summed E-state index contributed by atoms with van der Waals surface area (Å²) in [5, 5.41) is 6.07. The maximum atomic E-state index is 13.8.